The van der Waals surface area contributed by atoms with Gasteiger partial charge in [-0.15, -0.1) is 11.3 Å². The summed E-state index contributed by atoms with van der Waals surface area (Å²) in [6, 6.07) is 15.0. The lowest BCUT2D eigenvalue weighted by molar-refractivity contribution is 0.0490. The quantitative estimate of drug-likeness (QED) is 0.524. The van der Waals surface area contributed by atoms with Crippen molar-refractivity contribution in [3.05, 3.63) is 70.7 Å². The summed E-state index contributed by atoms with van der Waals surface area (Å²) in [5.41, 5.74) is 1.31. The molecule has 1 unspecified atom stereocenters. The highest BCUT2D eigenvalue weighted by molar-refractivity contribution is 7.93. The van der Waals surface area contributed by atoms with E-state index in [2.05, 4.69) is 45.8 Å². The number of ether oxygens (including phenoxy) is 1. The Kier molecular flexibility index (Phi) is 6.81. The molecule has 0 amide bonds. The smallest absolute Gasteiger partial charge is 0.263 e. The number of aromatic nitrogens is 1. The van der Waals surface area contributed by atoms with E-state index in [9.17, 15) is 8.42 Å². The van der Waals surface area contributed by atoms with E-state index in [1.807, 2.05) is 6.07 Å². The fourth-order valence-electron chi connectivity index (χ4n) is 3.73. The molecule has 1 N–H and O–H groups in total. The molecule has 1 aliphatic heterocycles. The maximum Gasteiger partial charge on any atom is 0.263 e. The summed E-state index contributed by atoms with van der Waals surface area (Å²) in [7, 11) is -3.75. The molecule has 0 spiro atoms. The van der Waals surface area contributed by atoms with Crippen molar-refractivity contribution >= 4 is 38.1 Å². The van der Waals surface area contributed by atoms with Gasteiger partial charge in [-0.25, -0.2) is 13.4 Å². The van der Waals surface area contributed by atoms with Gasteiger partial charge in [-0.05, 0) is 30.2 Å². The van der Waals surface area contributed by atoms with E-state index in [1.165, 1.54) is 29.0 Å². The number of piperidine rings is 1. The molecule has 2 heterocycles. The number of hydrogen-bond acceptors (Lipinski definition) is 6. The molecule has 31 heavy (non-hydrogen) atoms. The van der Waals surface area contributed by atoms with Crippen LogP contribution < -0.4 is 9.46 Å². The number of nitrogens with zero attached hydrogens (tertiary/aromatic N) is 2. The zero-order valence-corrected chi connectivity index (χ0v) is 19.5. The second-order valence-electron chi connectivity index (χ2n) is 7.68. The first kappa shape index (κ1) is 22.1. The number of rotatable bonds is 7. The molecule has 164 valence electrons. The molecule has 1 fully saturated rings. The van der Waals surface area contributed by atoms with Crippen LogP contribution in [0, 0.1) is 5.92 Å². The molecule has 0 bridgehead atoms. The monoisotopic (exact) mass is 477 g/mol. The lowest BCUT2D eigenvalue weighted by atomic mass is 9.96. The predicted molar refractivity (Wildman–Crippen MR) is 124 cm³/mol. The third-order valence-corrected chi connectivity index (χ3v) is 7.76. The third kappa shape index (κ3) is 5.57. The summed E-state index contributed by atoms with van der Waals surface area (Å²) in [6.07, 6.45) is 2.45. The molecular weight excluding hydrogens is 454 g/mol. The van der Waals surface area contributed by atoms with Gasteiger partial charge in [0.05, 0.1) is 9.92 Å². The van der Waals surface area contributed by atoms with Gasteiger partial charge in [0.15, 0.2) is 5.13 Å². The standard InChI is InChI=1S/C22H24ClN3O3S2/c1-16-14-26(15-17-5-3-2-4-6-17)11-9-20(16)29-21-8-7-18(13-19(21)23)31(27,28)25-22-24-10-12-30-22/h2-8,10,12-13,16,20H,9,11,14-15H2,1H3,(H,24,25)/t16-,20?/m1/s1. The van der Waals surface area contributed by atoms with Gasteiger partial charge in [-0.3, -0.25) is 9.62 Å². The number of likely N-dealkylation sites (tertiary alicyclic amines) is 1. The molecule has 6 nitrogen and oxygen atoms in total. The predicted octanol–water partition coefficient (Wildman–Crippen LogP) is 4.89. The Hall–Kier alpha value is -2.13. The number of hydrogen-bond donors (Lipinski definition) is 1. The number of halogens is 1. The SMILES string of the molecule is C[C@@H]1CN(Cc2ccccc2)CCC1Oc1ccc(S(=O)(=O)Nc2nccs2)cc1Cl. The maximum atomic E-state index is 12.5. The highest BCUT2D eigenvalue weighted by Crippen LogP contribution is 2.32. The van der Waals surface area contributed by atoms with Crippen LogP contribution in [0.3, 0.4) is 0 Å². The fraction of sp³-hybridized carbons (Fsp3) is 0.318. The van der Waals surface area contributed by atoms with E-state index in [0.29, 0.717) is 16.8 Å². The van der Waals surface area contributed by atoms with Crippen LogP contribution in [0.1, 0.15) is 18.9 Å². The van der Waals surface area contributed by atoms with Crippen molar-refractivity contribution in [3.63, 3.8) is 0 Å². The highest BCUT2D eigenvalue weighted by atomic mass is 35.5. The molecule has 2 aromatic carbocycles. The first-order valence-electron chi connectivity index (χ1n) is 10.1. The van der Waals surface area contributed by atoms with Crippen LogP contribution in [0.15, 0.2) is 65.0 Å². The Morgan fingerprint density at radius 1 is 1.26 bits per heavy atom. The van der Waals surface area contributed by atoms with Gasteiger partial charge in [0, 0.05) is 37.1 Å². The zero-order valence-electron chi connectivity index (χ0n) is 17.1. The van der Waals surface area contributed by atoms with Gasteiger partial charge in [0.25, 0.3) is 10.0 Å². The van der Waals surface area contributed by atoms with Crippen LogP contribution in [-0.2, 0) is 16.6 Å². The van der Waals surface area contributed by atoms with E-state index < -0.39 is 10.0 Å². The zero-order chi connectivity index (χ0) is 21.8. The number of sulfonamides is 1. The molecule has 1 aromatic heterocycles. The first-order chi connectivity index (χ1) is 14.9. The average molecular weight is 478 g/mol. The Balaban J connectivity index is 1.38. The number of benzene rings is 2. The van der Waals surface area contributed by atoms with Gasteiger partial charge in [-0.2, -0.15) is 0 Å². The second kappa shape index (κ2) is 9.56. The van der Waals surface area contributed by atoms with Gasteiger partial charge in [0.2, 0.25) is 0 Å². The first-order valence-corrected chi connectivity index (χ1v) is 12.8. The third-order valence-electron chi connectivity index (χ3n) is 5.31. The Morgan fingerprint density at radius 2 is 2.06 bits per heavy atom. The van der Waals surface area contributed by atoms with Crippen LogP contribution in [0.5, 0.6) is 5.75 Å². The van der Waals surface area contributed by atoms with Crippen molar-refractivity contribution in [2.24, 2.45) is 5.92 Å². The molecule has 1 saturated heterocycles. The van der Waals surface area contributed by atoms with Crippen LogP contribution in [0.4, 0.5) is 5.13 Å². The van der Waals surface area contributed by atoms with Crippen molar-refractivity contribution < 1.29 is 13.2 Å². The van der Waals surface area contributed by atoms with Gasteiger partial charge < -0.3 is 4.74 Å². The van der Waals surface area contributed by atoms with Crippen molar-refractivity contribution in [1.29, 1.82) is 0 Å². The topological polar surface area (TPSA) is 71.5 Å². The minimum Gasteiger partial charge on any atom is -0.488 e. The summed E-state index contributed by atoms with van der Waals surface area (Å²) < 4.78 is 33.7. The molecule has 3 aromatic rings. The molecule has 4 rings (SSSR count). The van der Waals surface area contributed by atoms with E-state index in [-0.39, 0.29) is 16.0 Å². The molecule has 9 heteroatoms. The van der Waals surface area contributed by atoms with E-state index >= 15 is 0 Å². The van der Waals surface area contributed by atoms with Gasteiger partial charge in [0.1, 0.15) is 11.9 Å². The number of thiazole rings is 1. The molecule has 1 aliphatic rings. The second-order valence-corrected chi connectivity index (χ2v) is 10.7. The minimum atomic E-state index is -3.75. The van der Waals surface area contributed by atoms with Crippen molar-refractivity contribution in [2.45, 2.75) is 30.9 Å². The van der Waals surface area contributed by atoms with Crippen LogP contribution in [-0.4, -0.2) is 37.5 Å². The van der Waals surface area contributed by atoms with Crippen LogP contribution in [0.2, 0.25) is 5.02 Å². The summed E-state index contributed by atoms with van der Waals surface area (Å²) in [6.45, 7) is 4.97. The van der Waals surface area contributed by atoms with Gasteiger partial charge in [-0.1, -0.05) is 48.9 Å². The summed E-state index contributed by atoms with van der Waals surface area (Å²) in [5.74, 6) is 0.826. The number of anilines is 1. The van der Waals surface area contributed by atoms with Crippen LogP contribution in [0.25, 0.3) is 0 Å². The van der Waals surface area contributed by atoms with Crippen LogP contribution >= 0.6 is 22.9 Å². The van der Waals surface area contributed by atoms with Crippen molar-refractivity contribution in [3.8, 4) is 5.75 Å². The summed E-state index contributed by atoms with van der Waals surface area (Å²) in [5, 5.41) is 2.29. The normalized spacial score (nSPS) is 19.8. The Morgan fingerprint density at radius 3 is 2.74 bits per heavy atom. The summed E-state index contributed by atoms with van der Waals surface area (Å²) in [4.78, 5) is 6.46. The number of nitrogens with one attached hydrogen (secondary N) is 1. The molecule has 2 atom stereocenters. The average Bonchev–Trinajstić information content (AvgIpc) is 3.24. The van der Waals surface area contributed by atoms with Crippen molar-refractivity contribution in [2.75, 3.05) is 17.8 Å². The largest absolute Gasteiger partial charge is 0.488 e. The van der Waals surface area contributed by atoms with Gasteiger partial charge >= 0.3 is 0 Å². The molecule has 0 aliphatic carbocycles. The molecule has 0 saturated carbocycles. The van der Waals surface area contributed by atoms with E-state index in [1.54, 1.807) is 17.6 Å². The molecule has 0 radical (unpaired) electrons. The minimum absolute atomic E-state index is 0.0282. The Labute approximate surface area is 191 Å². The molecular formula is C22H24ClN3O3S2. The summed E-state index contributed by atoms with van der Waals surface area (Å²) >= 11 is 7.59. The van der Waals surface area contributed by atoms with E-state index in [0.717, 1.165) is 26.1 Å². The lowest BCUT2D eigenvalue weighted by Gasteiger charge is -2.37. The van der Waals surface area contributed by atoms with E-state index in [4.69, 9.17) is 16.3 Å². The highest BCUT2D eigenvalue weighted by Gasteiger charge is 2.28. The fourth-order valence-corrected chi connectivity index (χ4v) is 5.83. The Bertz CT molecular complexity index is 1110. The lowest BCUT2D eigenvalue weighted by Crippen LogP contribution is -2.44. The van der Waals surface area contributed by atoms with Crippen molar-refractivity contribution in [1.82, 2.24) is 9.88 Å². The maximum absolute atomic E-state index is 12.5.